The van der Waals surface area contributed by atoms with Gasteiger partial charge in [0.15, 0.2) is 0 Å². The minimum atomic E-state index is -0.310. The van der Waals surface area contributed by atoms with E-state index in [-0.39, 0.29) is 12.1 Å². The highest BCUT2D eigenvalue weighted by Crippen LogP contribution is 2.32. The monoisotopic (exact) mass is 481 g/mol. The number of nitrogens with zero attached hydrogens (tertiary/aromatic N) is 4. The molecule has 1 aliphatic rings. The fourth-order valence-electron chi connectivity index (χ4n) is 4.14. The molecule has 2 amide bonds. The SMILES string of the molecule is CNc1cc(-c2cccnc2Nc2cc(NC(=O)N3OCC[C@@H]3c3ccccc3)ccc2C)ncn1. The zero-order chi connectivity index (χ0) is 24.9. The summed E-state index contributed by atoms with van der Waals surface area (Å²) in [6.07, 6.45) is 3.99. The average Bonchev–Trinajstić information content (AvgIpc) is 3.42. The number of rotatable bonds is 6. The van der Waals surface area contributed by atoms with Crippen molar-refractivity contribution in [2.75, 3.05) is 29.6 Å². The number of benzene rings is 2. The second kappa shape index (κ2) is 10.4. The van der Waals surface area contributed by atoms with Crippen molar-refractivity contribution in [2.24, 2.45) is 0 Å². The van der Waals surface area contributed by atoms with Crippen LogP contribution in [0.2, 0.25) is 0 Å². The number of hydrogen-bond donors (Lipinski definition) is 3. The number of carbonyl (C=O) groups is 1. The van der Waals surface area contributed by atoms with E-state index in [1.54, 1.807) is 6.20 Å². The molecule has 2 aromatic carbocycles. The summed E-state index contributed by atoms with van der Waals surface area (Å²) >= 11 is 0. The molecule has 36 heavy (non-hydrogen) atoms. The van der Waals surface area contributed by atoms with Crippen LogP contribution in [0.1, 0.15) is 23.6 Å². The van der Waals surface area contributed by atoms with Gasteiger partial charge in [0.05, 0.1) is 18.3 Å². The highest BCUT2D eigenvalue weighted by Gasteiger charge is 2.31. The first-order valence-electron chi connectivity index (χ1n) is 11.7. The molecule has 1 aliphatic heterocycles. The largest absolute Gasteiger partial charge is 0.373 e. The van der Waals surface area contributed by atoms with E-state index >= 15 is 0 Å². The third-order valence-corrected chi connectivity index (χ3v) is 6.04. The van der Waals surface area contributed by atoms with Gasteiger partial charge in [0.1, 0.15) is 18.0 Å². The molecule has 1 fully saturated rings. The van der Waals surface area contributed by atoms with Gasteiger partial charge in [0, 0.05) is 42.7 Å². The summed E-state index contributed by atoms with van der Waals surface area (Å²) in [5, 5.41) is 10.8. The molecule has 9 nitrogen and oxygen atoms in total. The van der Waals surface area contributed by atoms with E-state index in [2.05, 4.69) is 30.9 Å². The van der Waals surface area contributed by atoms with Crippen molar-refractivity contribution in [3.05, 3.63) is 90.4 Å². The standard InChI is InChI=1S/C27H27N7O2/c1-18-10-11-20(32-27(35)34-24(12-14-36-34)19-7-4-3-5-8-19)15-22(18)33-26-21(9-6-13-29-26)23-16-25(28-2)31-17-30-23/h3-11,13,15-17,24H,12,14H2,1-2H3,(H,29,33)(H,32,35)(H,28,30,31)/t24-/m1/s1. The van der Waals surface area contributed by atoms with Crippen LogP contribution in [0.25, 0.3) is 11.3 Å². The molecule has 4 aromatic rings. The van der Waals surface area contributed by atoms with Crippen LogP contribution in [0.4, 0.5) is 27.8 Å². The Kier molecular flexibility index (Phi) is 6.72. The predicted octanol–water partition coefficient (Wildman–Crippen LogP) is 5.54. The molecule has 182 valence electrons. The fourth-order valence-corrected chi connectivity index (χ4v) is 4.14. The minimum Gasteiger partial charge on any atom is -0.373 e. The first-order chi connectivity index (χ1) is 17.6. The van der Waals surface area contributed by atoms with E-state index in [0.717, 1.165) is 34.5 Å². The van der Waals surface area contributed by atoms with Gasteiger partial charge < -0.3 is 16.0 Å². The van der Waals surface area contributed by atoms with Gasteiger partial charge in [-0.25, -0.2) is 19.7 Å². The normalized spacial score (nSPS) is 14.9. The maximum atomic E-state index is 13.1. The molecule has 0 spiro atoms. The Morgan fingerprint density at radius 2 is 1.89 bits per heavy atom. The van der Waals surface area contributed by atoms with Gasteiger partial charge in [-0.05, 0) is 42.3 Å². The second-order valence-corrected chi connectivity index (χ2v) is 8.40. The molecular formula is C27H27N7O2. The maximum Gasteiger partial charge on any atom is 0.346 e. The van der Waals surface area contributed by atoms with Crippen LogP contribution in [0.15, 0.2) is 79.3 Å². The average molecular weight is 482 g/mol. The zero-order valence-electron chi connectivity index (χ0n) is 20.1. The van der Waals surface area contributed by atoms with E-state index in [1.807, 2.05) is 80.7 Å². The highest BCUT2D eigenvalue weighted by molar-refractivity contribution is 5.90. The lowest BCUT2D eigenvalue weighted by Gasteiger charge is -2.23. The first kappa shape index (κ1) is 23.3. The number of aromatic nitrogens is 3. The molecule has 3 N–H and O–H groups in total. The maximum absolute atomic E-state index is 13.1. The topological polar surface area (TPSA) is 104 Å². The van der Waals surface area contributed by atoms with Crippen LogP contribution in [-0.4, -0.2) is 39.7 Å². The Labute approximate surface area is 209 Å². The van der Waals surface area contributed by atoms with Crippen molar-refractivity contribution >= 4 is 29.0 Å². The van der Waals surface area contributed by atoms with Crippen LogP contribution in [-0.2, 0) is 4.84 Å². The Morgan fingerprint density at radius 3 is 2.72 bits per heavy atom. The van der Waals surface area contributed by atoms with E-state index in [4.69, 9.17) is 4.84 Å². The van der Waals surface area contributed by atoms with Gasteiger partial charge in [0.25, 0.3) is 0 Å². The van der Waals surface area contributed by atoms with Crippen LogP contribution >= 0.6 is 0 Å². The van der Waals surface area contributed by atoms with Gasteiger partial charge in [-0.2, -0.15) is 5.06 Å². The fraction of sp³-hybridized carbons (Fsp3) is 0.185. The van der Waals surface area contributed by atoms with Gasteiger partial charge in [0.2, 0.25) is 0 Å². The second-order valence-electron chi connectivity index (χ2n) is 8.40. The minimum absolute atomic E-state index is 0.124. The molecule has 9 heteroatoms. The van der Waals surface area contributed by atoms with Gasteiger partial charge in [-0.15, -0.1) is 0 Å². The van der Waals surface area contributed by atoms with Crippen LogP contribution in [0.5, 0.6) is 0 Å². The number of nitrogens with one attached hydrogen (secondary N) is 3. The van der Waals surface area contributed by atoms with Crippen LogP contribution in [0.3, 0.4) is 0 Å². The van der Waals surface area contributed by atoms with Crippen molar-refractivity contribution in [1.29, 1.82) is 0 Å². The van der Waals surface area contributed by atoms with E-state index in [0.29, 0.717) is 23.9 Å². The van der Waals surface area contributed by atoms with Crippen molar-refractivity contribution < 1.29 is 9.63 Å². The Balaban J connectivity index is 1.36. The molecule has 0 radical (unpaired) electrons. The Hall–Kier alpha value is -4.50. The molecule has 0 saturated carbocycles. The van der Waals surface area contributed by atoms with Crippen LogP contribution in [0, 0.1) is 6.92 Å². The summed E-state index contributed by atoms with van der Waals surface area (Å²) in [5.41, 5.74) is 5.09. The van der Waals surface area contributed by atoms with Crippen molar-refractivity contribution in [3.63, 3.8) is 0 Å². The van der Waals surface area contributed by atoms with Gasteiger partial charge >= 0.3 is 6.03 Å². The highest BCUT2D eigenvalue weighted by atomic mass is 16.7. The Morgan fingerprint density at radius 1 is 1.03 bits per heavy atom. The number of amides is 2. The third-order valence-electron chi connectivity index (χ3n) is 6.04. The van der Waals surface area contributed by atoms with Crippen molar-refractivity contribution in [2.45, 2.75) is 19.4 Å². The van der Waals surface area contributed by atoms with Crippen molar-refractivity contribution in [3.8, 4) is 11.3 Å². The summed E-state index contributed by atoms with van der Waals surface area (Å²) in [6.45, 7) is 2.49. The molecule has 1 atom stereocenters. The van der Waals surface area contributed by atoms with E-state index in [9.17, 15) is 4.79 Å². The quantitative estimate of drug-likeness (QED) is 0.332. The number of urea groups is 1. The molecule has 0 unspecified atom stereocenters. The smallest absolute Gasteiger partial charge is 0.346 e. The molecule has 0 bridgehead atoms. The Bertz CT molecular complexity index is 1360. The van der Waals surface area contributed by atoms with Gasteiger partial charge in [-0.3, -0.25) is 4.84 Å². The van der Waals surface area contributed by atoms with Crippen LogP contribution < -0.4 is 16.0 Å². The number of anilines is 4. The molecule has 5 rings (SSSR count). The molecular weight excluding hydrogens is 454 g/mol. The number of pyridine rings is 1. The molecule has 1 saturated heterocycles. The number of aryl methyl sites for hydroxylation is 1. The number of carbonyl (C=O) groups excluding carboxylic acids is 1. The number of hydroxylamine groups is 2. The van der Waals surface area contributed by atoms with Crippen molar-refractivity contribution in [1.82, 2.24) is 20.0 Å². The lowest BCUT2D eigenvalue weighted by atomic mass is 10.1. The summed E-state index contributed by atoms with van der Waals surface area (Å²) in [7, 11) is 1.81. The lowest BCUT2D eigenvalue weighted by Crippen LogP contribution is -2.33. The summed E-state index contributed by atoms with van der Waals surface area (Å²) in [4.78, 5) is 31.9. The predicted molar refractivity (Wildman–Crippen MR) is 140 cm³/mol. The summed E-state index contributed by atoms with van der Waals surface area (Å²) < 4.78 is 0. The molecule has 0 aliphatic carbocycles. The summed E-state index contributed by atoms with van der Waals surface area (Å²) in [5.74, 6) is 1.37. The molecule has 3 heterocycles. The lowest BCUT2D eigenvalue weighted by molar-refractivity contribution is -0.0829. The third kappa shape index (κ3) is 4.96. The van der Waals surface area contributed by atoms with Gasteiger partial charge in [-0.1, -0.05) is 36.4 Å². The summed E-state index contributed by atoms with van der Waals surface area (Å²) in [6, 6.07) is 20.9. The first-order valence-corrected chi connectivity index (χ1v) is 11.7. The zero-order valence-corrected chi connectivity index (χ0v) is 20.1. The number of hydrogen-bond acceptors (Lipinski definition) is 7. The van der Waals surface area contributed by atoms with E-state index in [1.165, 1.54) is 11.4 Å². The van der Waals surface area contributed by atoms with E-state index < -0.39 is 0 Å². The molecule has 2 aromatic heterocycles.